The summed E-state index contributed by atoms with van der Waals surface area (Å²) >= 11 is 0. The Labute approximate surface area is 172 Å². The second-order valence-corrected chi connectivity index (χ2v) is 7.58. The molecule has 1 aromatic carbocycles. The summed E-state index contributed by atoms with van der Waals surface area (Å²) in [5.74, 6) is -1.75. The Morgan fingerprint density at radius 2 is 2.07 bits per heavy atom. The van der Waals surface area contributed by atoms with E-state index in [1.807, 2.05) is 4.90 Å². The molecule has 3 heterocycles. The summed E-state index contributed by atoms with van der Waals surface area (Å²) in [7, 11) is 2.99. The number of fused-ring (bicyclic) bond motifs is 1. The van der Waals surface area contributed by atoms with Crippen molar-refractivity contribution in [3.8, 4) is 0 Å². The molecule has 1 N–H and O–H groups in total. The van der Waals surface area contributed by atoms with Crippen molar-refractivity contribution in [1.82, 2.24) is 20.1 Å². The Balaban J connectivity index is 1.55. The number of rotatable bonds is 2. The average molecular weight is 416 g/mol. The molecule has 30 heavy (non-hydrogen) atoms. The van der Waals surface area contributed by atoms with E-state index in [9.17, 15) is 18.4 Å². The number of amidine groups is 1. The number of likely N-dealkylation sites (N-methyl/N-ethyl adjacent to an activating group) is 1. The molecule has 3 aliphatic heterocycles. The number of hydrazone groups is 1. The van der Waals surface area contributed by atoms with Gasteiger partial charge in [0, 0.05) is 32.4 Å². The first-order valence-electron chi connectivity index (χ1n) is 9.67. The molecule has 2 unspecified atom stereocenters. The van der Waals surface area contributed by atoms with E-state index < -0.39 is 35.7 Å². The lowest BCUT2D eigenvalue weighted by Crippen LogP contribution is -2.50. The molecule has 2 amide bonds. The number of carbonyl (C=O) groups is 2. The van der Waals surface area contributed by atoms with Crippen LogP contribution < -0.4 is 5.32 Å². The van der Waals surface area contributed by atoms with Crippen LogP contribution in [0.5, 0.6) is 0 Å². The summed E-state index contributed by atoms with van der Waals surface area (Å²) in [6, 6.07) is 2.55. The van der Waals surface area contributed by atoms with Gasteiger partial charge in [0.2, 0.25) is 0 Å². The van der Waals surface area contributed by atoms with E-state index in [2.05, 4.69) is 10.4 Å². The number of hydrogen-bond acceptors (Lipinski definition) is 6. The third-order valence-electron chi connectivity index (χ3n) is 5.36. The molecular formula is C20H22F2N6O2. The number of amides is 2. The van der Waals surface area contributed by atoms with Crippen molar-refractivity contribution in [2.45, 2.75) is 31.1 Å². The molecule has 1 fully saturated rings. The predicted octanol–water partition coefficient (Wildman–Crippen LogP) is 1.23. The van der Waals surface area contributed by atoms with Crippen molar-refractivity contribution in [1.29, 1.82) is 0 Å². The molecule has 3 atom stereocenters. The monoisotopic (exact) mass is 416 g/mol. The lowest BCUT2D eigenvalue weighted by molar-refractivity contribution is -0.144. The summed E-state index contributed by atoms with van der Waals surface area (Å²) < 4.78 is 28.1. The lowest BCUT2D eigenvalue weighted by Gasteiger charge is -2.32. The minimum absolute atomic E-state index is 0.301. The van der Waals surface area contributed by atoms with E-state index in [0.717, 1.165) is 18.6 Å². The normalized spacial score (nSPS) is 24.7. The van der Waals surface area contributed by atoms with Crippen LogP contribution in [0.1, 0.15) is 24.4 Å². The molecule has 3 aliphatic rings. The van der Waals surface area contributed by atoms with Crippen LogP contribution in [0.3, 0.4) is 0 Å². The minimum Gasteiger partial charge on any atom is -0.350 e. The highest BCUT2D eigenvalue weighted by molar-refractivity contribution is 6.35. The molecular weight excluding hydrogens is 394 g/mol. The SMILES string of the molecule is CN(C)C(=O)C(=O)NC1C=NN2C=CC(N3CCC[C@@H]3c3cc(F)ccc3F)=NC12. The average Bonchev–Trinajstić information content (AvgIpc) is 3.36. The zero-order valence-electron chi connectivity index (χ0n) is 16.6. The molecule has 0 radical (unpaired) electrons. The number of hydrogen-bond donors (Lipinski definition) is 1. The molecule has 10 heteroatoms. The molecule has 1 aromatic rings. The largest absolute Gasteiger partial charge is 0.350 e. The first-order chi connectivity index (χ1) is 14.3. The molecule has 0 aromatic heterocycles. The minimum atomic E-state index is -0.745. The summed E-state index contributed by atoms with van der Waals surface area (Å²) in [4.78, 5) is 31.8. The van der Waals surface area contributed by atoms with Crippen LogP contribution in [0.2, 0.25) is 0 Å². The van der Waals surface area contributed by atoms with E-state index in [1.165, 1.54) is 31.3 Å². The highest BCUT2D eigenvalue weighted by atomic mass is 19.1. The topological polar surface area (TPSA) is 80.6 Å². The van der Waals surface area contributed by atoms with Gasteiger partial charge in [-0.3, -0.25) is 9.59 Å². The number of likely N-dealkylation sites (tertiary alicyclic amines) is 1. The van der Waals surface area contributed by atoms with Gasteiger partial charge in [0.1, 0.15) is 23.5 Å². The van der Waals surface area contributed by atoms with Crippen molar-refractivity contribution in [2.24, 2.45) is 10.1 Å². The van der Waals surface area contributed by atoms with Gasteiger partial charge in [0.25, 0.3) is 0 Å². The molecule has 8 nitrogen and oxygen atoms in total. The third-order valence-corrected chi connectivity index (χ3v) is 5.36. The fraction of sp³-hybridized carbons (Fsp3) is 0.400. The molecule has 1 saturated heterocycles. The molecule has 0 saturated carbocycles. The van der Waals surface area contributed by atoms with Crippen molar-refractivity contribution in [2.75, 3.05) is 20.6 Å². The number of aliphatic imine (C=N–C) groups is 1. The van der Waals surface area contributed by atoms with E-state index >= 15 is 0 Å². The van der Waals surface area contributed by atoms with Crippen molar-refractivity contribution in [3.63, 3.8) is 0 Å². The van der Waals surface area contributed by atoms with Gasteiger partial charge in [0.05, 0.1) is 12.3 Å². The second-order valence-electron chi connectivity index (χ2n) is 7.58. The van der Waals surface area contributed by atoms with Gasteiger partial charge in [-0.1, -0.05) is 0 Å². The number of nitrogens with zero attached hydrogens (tertiary/aromatic N) is 5. The summed E-state index contributed by atoms with van der Waals surface area (Å²) in [5.41, 5.74) is 0.301. The van der Waals surface area contributed by atoms with E-state index in [4.69, 9.17) is 4.99 Å². The second kappa shape index (κ2) is 7.85. The standard InChI is InChI=1S/C20H22F2N6O2/c1-26(2)20(30)19(29)24-15-11-23-28-9-7-17(25-18(15)28)27-8-3-4-16(27)13-10-12(21)5-6-14(13)22/h5-7,9-11,15-16,18H,3-4,8H2,1-2H3,(H,24,29)/t15?,16-,18?/m1/s1. The molecule has 0 spiro atoms. The van der Waals surface area contributed by atoms with Gasteiger partial charge < -0.3 is 15.1 Å². The van der Waals surface area contributed by atoms with Crippen LogP contribution in [0.25, 0.3) is 0 Å². The maximum Gasteiger partial charge on any atom is 0.311 e. The fourth-order valence-electron chi connectivity index (χ4n) is 3.88. The summed E-state index contributed by atoms with van der Waals surface area (Å²) in [6.07, 6.45) is 5.95. The van der Waals surface area contributed by atoms with Gasteiger partial charge in [-0.25, -0.2) is 18.8 Å². The Morgan fingerprint density at radius 3 is 2.83 bits per heavy atom. The number of benzene rings is 1. The van der Waals surface area contributed by atoms with Gasteiger partial charge in [-0.15, -0.1) is 0 Å². The highest BCUT2D eigenvalue weighted by Crippen LogP contribution is 2.35. The number of nitrogens with one attached hydrogen (secondary N) is 1. The first kappa shape index (κ1) is 20.0. The van der Waals surface area contributed by atoms with E-state index in [1.54, 1.807) is 17.3 Å². The molecule has 0 aliphatic carbocycles. The Bertz CT molecular complexity index is 961. The van der Waals surface area contributed by atoms with Crippen LogP contribution >= 0.6 is 0 Å². The molecule has 4 rings (SSSR count). The van der Waals surface area contributed by atoms with Gasteiger partial charge in [-0.2, -0.15) is 5.10 Å². The smallest absolute Gasteiger partial charge is 0.311 e. The van der Waals surface area contributed by atoms with E-state index in [-0.39, 0.29) is 6.04 Å². The maximum absolute atomic E-state index is 14.4. The quantitative estimate of drug-likeness (QED) is 0.736. The Hall–Kier alpha value is -3.30. The molecule has 158 valence electrons. The predicted molar refractivity (Wildman–Crippen MR) is 106 cm³/mol. The molecule has 0 bridgehead atoms. The summed E-state index contributed by atoms with van der Waals surface area (Å²) in [5, 5.41) is 8.43. The zero-order chi connectivity index (χ0) is 21.4. The third kappa shape index (κ3) is 3.64. The van der Waals surface area contributed by atoms with Gasteiger partial charge in [0.15, 0.2) is 6.17 Å². The van der Waals surface area contributed by atoms with Gasteiger partial charge >= 0.3 is 11.8 Å². The van der Waals surface area contributed by atoms with Crippen LogP contribution in [0.4, 0.5) is 8.78 Å². The number of carbonyl (C=O) groups excluding carboxylic acids is 2. The highest BCUT2D eigenvalue weighted by Gasteiger charge is 2.37. The number of halogens is 2. The van der Waals surface area contributed by atoms with Crippen LogP contribution in [0.15, 0.2) is 40.6 Å². The van der Waals surface area contributed by atoms with Gasteiger partial charge in [-0.05, 0) is 37.1 Å². The maximum atomic E-state index is 14.4. The van der Waals surface area contributed by atoms with Crippen LogP contribution in [-0.2, 0) is 9.59 Å². The van der Waals surface area contributed by atoms with Crippen molar-refractivity contribution >= 4 is 23.9 Å². The van der Waals surface area contributed by atoms with Crippen LogP contribution in [-0.4, -0.2) is 71.5 Å². The first-order valence-corrected chi connectivity index (χ1v) is 9.67. The summed E-state index contributed by atoms with van der Waals surface area (Å²) in [6.45, 7) is 0.646. The van der Waals surface area contributed by atoms with Crippen LogP contribution in [0, 0.1) is 11.6 Å². The zero-order valence-corrected chi connectivity index (χ0v) is 16.6. The van der Waals surface area contributed by atoms with Crippen molar-refractivity contribution < 1.29 is 18.4 Å². The Kier molecular flexibility index (Phi) is 5.23. The fourth-order valence-corrected chi connectivity index (χ4v) is 3.88. The lowest BCUT2D eigenvalue weighted by atomic mass is 10.0. The van der Waals surface area contributed by atoms with E-state index in [0.29, 0.717) is 24.4 Å². The van der Waals surface area contributed by atoms with Crippen molar-refractivity contribution in [3.05, 3.63) is 47.7 Å². The Morgan fingerprint density at radius 1 is 1.27 bits per heavy atom.